The van der Waals surface area contributed by atoms with Gasteiger partial charge in [0.05, 0.1) is 0 Å². The van der Waals surface area contributed by atoms with E-state index in [4.69, 9.17) is 0 Å². The first kappa shape index (κ1) is 12.3. The van der Waals surface area contributed by atoms with Gasteiger partial charge in [-0.1, -0.05) is 38.7 Å². The van der Waals surface area contributed by atoms with Crippen molar-refractivity contribution in [1.29, 1.82) is 0 Å². The number of hydrogen-bond acceptors (Lipinski definition) is 1. The van der Waals surface area contributed by atoms with Crippen molar-refractivity contribution in [2.45, 2.75) is 52.1 Å². The van der Waals surface area contributed by atoms with Gasteiger partial charge < -0.3 is 5.11 Å². The first-order valence-corrected chi connectivity index (χ1v) is 5.14. The molecule has 1 heteroatoms. The molecule has 0 fully saturated rings. The van der Waals surface area contributed by atoms with Crippen molar-refractivity contribution in [2.75, 3.05) is 0 Å². The lowest BCUT2D eigenvalue weighted by molar-refractivity contribution is 0.280. The molecule has 1 unspecified atom stereocenters. The highest BCUT2D eigenvalue weighted by Gasteiger charge is 1.88. The maximum atomic E-state index is 9.31. The minimum absolute atomic E-state index is 0.566. The largest absolute Gasteiger partial charge is 0.377 e. The third-order valence-electron chi connectivity index (χ3n) is 1.68. The van der Waals surface area contributed by atoms with Gasteiger partial charge in [-0.05, 0) is 18.9 Å². The van der Waals surface area contributed by atoms with Gasteiger partial charge in [0.2, 0.25) is 0 Å². The molecule has 1 atom stereocenters. The highest BCUT2D eigenvalue weighted by atomic mass is 16.3. The number of aliphatic hydroxyl groups excluding tert-OH is 1. The van der Waals surface area contributed by atoms with Gasteiger partial charge in [0, 0.05) is 6.42 Å². The van der Waals surface area contributed by atoms with E-state index >= 15 is 0 Å². The maximum absolute atomic E-state index is 9.31. The van der Waals surface area contributed by atoms with E-state index in [-0.39, 0.29) is 0 Å². The monoisotopic (exact) mass is 180 g/mol. The van der Waals surface area contributed by atoms with Gasteiger partial charge in [0.25, 0.3) is 0 Å². The Kier molecular flexibility index (Phi) is 8.82. The second-order valence-electron chi connectivity index (χ2n) is 3.09. The Morgan fingerprint density at radius 1 is 1.31 bits per heavy atom. The molecule has 0 rings (SSSR count). The lowest BCUT2D eigenvalue weighted by atomic mass is 10.2. The molecule has 0 aliphatic carbocycles. The van der Waals surface area contributed by atoms with E-state index in [2.05, 4.69) is 25.7 Å². The molecule has 0 spiro atoms. The smallest absolute Gasteiger partial charge is 0.133 e. The van der Waals surface area contributed by atoms with Gasteiger partial charge in [-0.2, -0.15) is 0 Å². The minimum Gasteiger partial charge on any atom is -0.377 e. The van der Waals surface area contributed by atoms with Crippen molar-refractivity contribution in [3.05, 3.63) is 12.2 Å². The predicted molar refractivity (Wildman–Crippen MR) is 57.4 cm³/mol. The van der Waals surface area contributed by atoms with E-state index < -0.39 is 6.10 Å². The number of aliphatic hydroxyl groups is 1. The zero-order valence-corrected chi connectivity index (χ0v) is 8.71. The summed E-state index contributed by atoms with van der Waals surface area (Å²) < 4.78 is 0. The van der Waals surface area contributed by atoms with Crippen LogP contribution in [0.5, 0.6) is 0 Å². The molecule has 1 nitrogen and oxygen atoms in total. The van der Waals surface area contributed by atoms with Gasteiger partial charge in [-0.25, -0.2) is 0 Å². The quantitative estimate of drug-likeness (QED) is 0.392. The van der Waals surface area contributed by atoms with Crippen molar-refractivity contribution in [2.24, 2.45) is 0 Å². The summed E-state index contributed by atoms with van der Waals surface area (Å²) in [7, 11) is 0. The summed E-state index contributed by atoms with van der Waals surface area (Å²) in [5, 5.41) is 9.31. The molecule has 0 saturated heterocycles. The number of hydrogen-bond donors (Lipinski definition) is 1. The summed E-state index contributed by atoms with van der Waals surface area (Å²) in [5.74, 6) is 5.76. The molecule has 74 valence electrons. The lowest BCUT2D eigenvalue weighted by Crippen LogP contribution is -1.96. The number of rotatable bonds is 5. The summed E-state index contributed by atoms with van der Waals surface area (Å²) in [6, 6.07) is 0. The Bertz CT molecular complexity index is 183. The molecule has 0 saturated carbocycles. The summed E-state index contributed by atoms with van der Waals surface area (Å²) in [5.41, 5.74) is 0. The van der Waals surface area contributed by atoms with E-state index in [1.165, 1.54) is 0 Å². The van der Waals surface area contributed by atoms with Crippen LogP contribution in [-0.4, -0.2) is 11.2 Å². The SMILES string of the molecule is CCC/C=C/C(O)C#CCCCC. The third kappa shape index (κ3) is 9.17. The Morgan fingerprint density at radius 2 is 2.08 bits per heavy atom. The van der Waals surface area contributed by atoms with E-state index in [0.717, 1.165) is 32.1 Å². The molecule has 0 aromatic rings. The molecular formula is C12H20O. The van der Waals surface area contributed by atoms with Crippen molar-refractivity contribution in [3.63, 3.8) is 0 Å². The standard InChI is InChI=1S/C12H20O/c1-3-5-7-9-11-12(13)10-8-6-4-2/h8,10,12-13H,3-7H2,1-2H3/b10-8+. The molecule has 0 aliphatic rings. The van der Waals surface area contributed by atoms with Gasteiger partial charge in [-0.3, -0.25) is 0 Å². The average Bonchev–Trinajstić information content (AvgIpc) is 2.13. The van der Waals surface area contributed by atoms with E-state index in [9.17, 15) is 5.11 Å². The van der Waals surface area contributed by atoms with Crippen LogP contribution in [0, 0.1) is 11.8 Å². The van der Waals surface area contributed by atoms with Crippen LogP contribution < -0.4 is 0 Å². The van der Waals surface area contributed by atoms with Crippen LogP contribution >= 0.6 is 0 Å². The molecule has 1 N–H and O–H groups in total. The lowest BCUT2D eigenvalue weighted by Gasteiger charge is -1.92. The Balaban J connectivity index is 3.57. The highest BCUT2D eigenvalue weighted by molar-refractivity contribution is 5.11. The molecule has 13 heavy (non-hydrogen) atoms. The van der Waals surface area contributed by atoms with Crippen LogP contribution in [0.15, 0.2) is 12.2 Å². The maximum Gasteiger partial charge on any atom is 0.133 e. The topological polar surface area (TPSA) is 20.2 Å². The molecular weight excluding hydrogens is 160 g/mol. The van der Waals surface area contributed by atoms with Crippen molar-refractivity contribution >= 4 is 0 Å². The van der Waals surface area contributed by atoms with Crippen molar-refractivity contribution < 1.29 is 5.11 Å². The minimum atomic E-state index is -0.566. The second-order valence-corrected chi connectivity index (χ2v) is 3.09. The molecule has 0 aliphatic heterocycles. The first-order valence-electron chi connectivity index (χ1n) is 5.14. The van der Waals surface area contributed by atoms with Gasteiger partial charge in [0.1, 0.15) is 6.10 Å². The van der Waals surface area contributed by atoms with Crippen LogP contribution in [0.1, 0.15) is 46.0 Å². The fourth-order valence-electron chi connectivity index (χ4n) is 0.882. The van der Waals surface area contributed by atoms with Crippen LogP contribution in [0.25, 0.3) is 0 Å². The summed E-state index contributed by atoms with van der Waals surface area (Å²) >= 11 is 0. The summed E-state index contributed by atoms with van der Waals surface area (Å²) in [6.07, 6.45) is 8.51. The second kappa shape index (κ2) is 9.35. The first-order chi connectivity index (χ1) is 6.31. The molecule has 0 radical (unpaired) electrons. The Hall–Kier alpha value is -0.740. The molecule has 0 amide bonds. The average molecular weight is 180 g/mol. The Labute approximate surface area is 81.9 Å². The Morgan fingerprint density at radius 3 is 2.69 bits per heavy atom. The van der Waals surface area contributed by atoms with E-state index in [0.29, 0.717) is 0 Å². The molecule has 0 bridgehead atoms. The van der Waals surface area contributed by atoms with E-state index in [1.54, 1.807) is 6.08 Å². The van der Waals surface area contributed by atoms with Gasteiger partial charge >= 0.3 is 0 Å². The number of allylic oxidation sites excluding steroid dienone is 1. The van der Waals surface area contributed by atoms with Crippen LogP contribution in [-0.2, 0) is 0 Å². The van der Waals surface area contributed by atoms with Crippen LogP contribution in [0.2, 0.25) is 0 Å². The van der Waals surface area contributed by atoms with Gasteiger partial charge in [0.15, 0.2) is 0 Å². The third-order valence-corrected chi connectivity index (χ3v) is 1.68. The van der Waals surface area contributed by atoms with Crippen LogP contribution in [0.4, 0.5) is 0 Å². The molecule has 0 aromatic carbocycles. The summed E-state index contributed by atoms with van der Waals surface area (Å²) in [6.45, 7) is 4.25. The van der Waals surface area contributed by atoms with Crippen LogP contribution in [0.3, 0.4) is 0 Å². The summed E-state index contributed by atoms with van der Waals surface area (Å²) in [4.78, 5) is 0. The highest BCUT2D eigenvalue weighted by Crippen LogP contribution is 1.93. The van der Waals surface area contributed by atoms with Crippen molar-refractivity contribution in [1.82, 2.24) is 0 Å². The molecule has 0 heterocycles. The van der Waals surface area contributed by atoms with Gasteiger partial charge in [-0.15, -0.1) is 5.92 Å². The van der Waals surface area contributed by atoms with E-state index in [1.807, 2.05) is 6.08 Å². The molecule has 0 aromatic heterocycles. The van der Waals surface area contributed by atoms with Crippen molar-refractivity contribution in [3.8, 4) is 11.8 Å². The fourth-order valence-corrected chi connectivity index (χ4v) is 0.882. The zero-order chi connectivity index (χ0) is 9.94. The fraction of sp³-hybridized carbons (Fsp3) is 0.667. The zero-order valence-electron chi connectivity index (χ0n) is 8.71. The predicted octanol–water partition coefficient (Wildman–Crippen LogP) is 2.90. The normalized spacial score (nSPS) is 12.5. The number of unbranched alkanes of at least 4 members (excludes halogenated alkanes) is 3.